The van der Waals surface area contributed by atoms with Crippen molar-refractivity contribution in [1.29, 1.82) is 0 Å². The van der Waals surface area contributed by atoms with Gasteiger partial charge in [-0.05, 0) is 164 Å². The zero-order valence-electron chi connectivity index (χ0n) is 79.4. The predicted octanol–water partition coefficient (Wildman–Crippen LogP) is 18.9. The summed E-state index contributed by atoms with van der Waals surface area (Å²) in [6, 6.07) is 61.4. The standard InChI is InChI=1S/2C21H20N2O.3C12H10N.CH4O3S.2CH4O.2Ir/c2*1-12(2)18-11-22-19(10-13(18)3)17-7-5-6-15-16-9-8-14(4)23-21(16)24-20(15)17;3*1-10-7-8-12(13-9-10)11-5-3-2-4-6-11;1-5(2,3)4;2*1-2;;/h2*5-12H,1-4H3;3*2-5,7-9H,1H3;1H3,(H,2,3,4);2*2H,1H3;;/q;;3*-1;;;;;/i2*1D3,3D3,4D3,12D;2*1D3;;;;;;. The number of aromatic nitrogens is 7. The van der Waals surface area contributed by atoms with E-state index in [-0.39, 0.29) is 108 Å². The van der Waals surface area contributed by atoms with Gasteiger partial charge in [-0.15, -0.1) is 108 Å². The third-order valence-corrected chi connectivity index (χ3v) is 13.3. The average molecular weight is 1710 g/mol. The molecular weight excluding hydrogens is 1600 g/mol. The molecule has 0 saturated heterocycles. The Balaban J connectivity index is 0.000000280. The SMILES string of the molecule is CO.CO.CS(=O)(=O)O.Cc1ccc(-c2[c-]cccc2)nc1.[2H]C([2H])([2H])c1ccc(-c2[c-]cccc2)nc1.[2H]C([2H])([2H])c1ccc(-c2[c-]cccc2)nc1.[2H]C([2H])([2H])c1ccc2c(n1)oc1c(-c3cc(C([2H])([2H])[2H])c(C([2H])(C)C([2H])([2H])[2H])cn3)cccc12.[2H]C([2H])([2H])c1ccc2c(n1)oc1c(-c3cc(C([2H])([2H])[2H])c(C([2H])(C)C([2H])([2H])[2H])cn3)cccc12.[Ir].[Ir]. The van der Waals surface area contributed by atoms with Crippen LogP contribution in [0.25, 0.3) is 100 Å². The Hall–Kier alpha value is -9.12. The van der Waals surface area contributed by atoms with Gasteiger partial charge in [-0.2, -0.15) is 8.42 Å². The van der Waals surface area contributed by atoms with Crippen LogP contribution in [0.3, 0.4) is 0 Å². The Bertz CT molecular complexity index is 5620. The average Bonchev–Trinajstić information content (AvgIpc) is 1.26. The largest absolute Gasteiger partial charge is 0.437 e. The molecule has 9 aromatic heterocycles. The molecule has 14 aromatic rings. The maximum Gasteiger partial charge on any atom is 0.261 e. The van der Waals surface area contributed by atoms with Gasteiger partial charge in [-0.25, -0.2) is 9.97 Å². The van der Waals surface area contributed by atoms with Gasteiger partial charge in [0.25, 0.3) is 10.1 Å². The Morgan fingerprint density at radius 1 is 0.439 bits per heavy atom. The molecule has 0 fully saturated rings. The van der Waals surface area contributed by atoms with E-state index in [1.807, 2.05) is 79.9 Å². The number of fused-ring (bicyclic) bond motifs is 6. The van der Waals surface area contributed by atoms with Crippen LogP contribution in [0.2, 0.25) is 0 Å². The summed E-state index contributed by atoms with van der Waals surface area (Å²) in [6.07, 6.45) is 7.60. The summed E-state index contributed by atoms with van der Waals surface area (Å²) in [5.74, 6) is -4.38. The zero-order chi connectivity index (χ0) is 91.3. The van der Waals surface area contributed by atoms with Crippen LogP contribution in [-0.4, -0.2) is 78.5 Å². The maximum atomic E-state index is 9.19. The molecule has 0 spiro atoms. The number of aliphatic hydroxyl groups excluding tert-OH is 2. The molecule has 3 N–H and O–H groups in total. The quantitative estimate of drug-likeness (QED) is 0.100. The fraction of sp³-hybridized carbons (Fsp3) is 0.198. The number of pyridine rings is 7. The maximum absolute atomic E-state index is 9.19. The van der Waals surface area contributed by atoms with E-state index in [1.165, 1.54) is 42.2 Å². The van der Waals surface area contributed by atoms with Crippen LogP contribution in [0.4, 0.5) is 0 Å². The van der Waals surface area contributed by atoms with E-state index in [0.29, 0.717) is 50.1 Å². The second kappa shape index (κ2) is 38.7. The minimum atomic E-state index is -3.67. The van der Waals surface area contributed by atoms with Crippen molar-refractivity contribution < 1.29 is 108 Å². The fourth-order valence-corrected chi connectivity index (χ4v) is 8.96. The number of benzene rings is 5. The molecule has 14 rings (SSSR count). The first kappa shape index (κ1) is 48.6. The number of aliphatic hydroxyl groups is 2. The molecule has 9 heterocycles. The van der Waals surface area contributed by atoms with Gasteiger partial charge in [0.2, 0.25) is 11.4 Å². The van der Waals surface area contributed by atoms with Crippen molar-refractivity contribution in [2.75, 3.05) is 20.5 Å². The number of hydrogen-bond acceptors (Lipinski definition) is 13. The van der Waals surface area contributed by atoms with Gasteiger partial charge >= 0.3 is 0 Å². The number of rotatable bonds is 7. The molecule has 0 aliphatic rings. The van der Waals surface area contributed by atoms with Crippen molar-refractivity contribution in [1.82, 2.24) is 34.9 Å². The molecule has 17 heteroatoms. The van der Waals surface area contributed by atoms with E-state index in [1.54, 1.807) is 84.9 Å². The van der Waals surface area contributed by atoms with E-state index in [4.69, 9.17) is 59.2 Å². The Morgan fingerprint density at radius 3 is 1.11 bits per heavy atom. The molecule has 14 nitrogen and oxygen atoms in total. The molecule has 0 saturated carbocycles. The monoisotopic (exact) mass is 1710 g/mol. The van der Waals surface area contributed by atoms with Crippen LogP contribution in [0, 0.1) is 66.2 Å². The summed E-state index contributed by atoms with van der Waals surface area (Å²) in [6.45, 7) is -15.6. The van der Waals surface area contributed by atoms with Gasteiger partial charge in [0.1, 0.15) is 11.2 Å². The molecule has 0 amide bonds. The van der Waals surface area contributed by atoms with E-state index in [2.05, 4.69) is 59.2 Å². The van der Waals surface area contributed by atoms with Crippen LogP contribution in [-0.2, 0) is 50.3 Å². The van der Waals surface area contributed by atoms with Crippen molar-refractivity contribution in [3.8, 4) is 56.3 Å². The molecule has 510 valence electrons. The minimum Gasteiger partial charge on any atom is -0.437 e. The first-order valence-electron chi connectivity index (χ1n) is 41.8. The number of aryl methyl sites for hydroxylation is 7. The predicted molar refractivity (Wildman–Crippen MR) is 390 cm³/mol. The van der Waals surface area contributed by atoms with Crippen LogP contribution in [0.15, 0.2) is 222 Å². The van der Waals surface area contributed by atoms with Gasteiger partial charge in [0, 0.05) is 165 Å². The smallest absolute Gasteiger partial charge is 0.261 e. The first-order valence-corrected chi connectivity index (χ1v) is 30.7. The van der Waals surface area contributed by atoms with Crippen molar-refractivity contribution in [2.45, 2.75) is 87.4 Å². The molecule has 2 unspecified atom stereocenters. The van der Waals surface area contributed by atoms with Crippen molar-refractivity contribution in [3.05, 3.63) is 282 Å². The summed E-state index contributed by atoms with van der Waals surface area (Å²) in [4.78, 5) is 29.4. The van der Waals surface area contributed by atoms with E-state index >= 15 is 0 Å². The summed E-state index contributed by atoms with van der Waals surface area (Å²) in [7, 11) is -1.67. The number of furan rings is 2. The third kappa shape index (κ3) is 22.5. The van der Waals surface area contributed by atoms with Crippen LogP contribution in [0.5, 0.6) is 0 Å². The van der Waals surface area contributed by atoms with Gasteiger partial charge in [0.05, 0.1) is 17.6 Å². The van der Waals surface area contributed by atoms with Crippen LogP contribution < -0.4 is 0 Å². The Kier molecular flexibility index (Phi) is 19.2. The molecule has 5 aromatic carbocycles. The molecule has 2 radical (unpaired) electrons. The number of para-hydroxylation sites is 2. The van der Waals surface area contributed by atoms with Gasteiger partial charge in [-0.1, -0.05) is 88.2 Å². The number of hydrogen-bond donors (Lipinski definition) is 3. The van der Waals surface area contributed by atoms with Crippen molar-refractivity contribution >= 4 is 54.3 Å². The van der Waals surface area contributed by atoms with Crippen LogP contribution >= 0.6 is 0 Å². The summed E-state index contributed by atoms with van der Waals surface area (Å²) >= 11 is 0. The Morgan fingerprint density at radius 2 is 0.806 bits per heavy atom. The Labute approximate surface area is 639 Å². The van der Waals surface area contributed by atoms with Crippen LogP contribution in [0.1, 0.15) is 125 Å². The molecule has 0 aliphatic heterocycles. The molecule has 98 heavy (non-hydrogen) atoms. The zero-order valence-corrected chi connectivity index (χ0v) is 59.0. The molecule has 0 aliphatic carbocycles. The van der Waals surface area contributed by atoms with E-state index < -0.39 is 76.7 Å². The topological polar surface area (TPSA) is 211 Å². The first-order chi connectivity index (χ1) is 56.5. The van der Waals surface area contributed by atoms with Gasteiger partial charge in [0.15, 0.2) is 0 Å². The normalized spacial score (nSPS) is 16.5. The minimum absolute atomic E-state index is 0. The summed E-state index contributed by atoms with van der Waals surface area (Å²) in [5, 5.41) is 16.4. The summed E-state index contributed by atoms with van der Waals surface area (Å²) < 4.78 is 237. The van der Waals surface area contributed by atoms with Gasteiger partial charge < -0.3 is 34.0 Å². The molecule has 2 atom stereocenters. The molecular formula is C81H82Ir2N7O7S-3. The van der Waals surface area contributed by atoms with Crippen molar-refractivity contribution in [3.63, 3.8) is 0 Å². The number of nitrogens with zero attached hydrogens (tertiary/aromatic N) is 7. The second-order valence-corrected chi connectivity index (χ2v) is 21.8. The van der Waals surface area contributed by atoms with Crippen molar-refractivity contribution in [2.24, 2.45) is 0 Å². The van der Waals surface area contributed by atoms with E-state index in [0.717, 1.165) is 74.2 Å². The third-order valence-electron chi connectivity index (χ3n) is 13.3. The second-order valence-electron chi connectivity index (χ2n) is 20.3. The summed E-state index contributed by atoms with van der Waals surface area (Å²) in [5.41, 5.74) is 7.80. The van der Waals surface area contributed by atoms with E-state index in [9.17, 15) is 8.42 Å². The molecule has 0 bridgehead atoms. The van der Waals surface area contributed by atoms with Gasteiger partial charge in [-0.3, -0.25) is 14.5 Å². The fourth-order valence-electron chi connectivity index (χ4n) is 8.96.